The second-order valence-corrected chi connectivity index (χ2v) is 8.57. The number of nitrogens with zero attached hydrogens (tertiary/aromatic N) is 2. The molecule has 142 valence electrons. The minimum atomic E-state index is -0.202. The maximum absolute atomic E-state index is 12.7. The molecule has 28 heavy (non-hydrogen) atoms. The maximum atomic E-state index is 12.7. The van der Waals surface area contributed by atoms with Gasteiger partial charge in [-0.05, 0) is 42.0 Å². The molecule has 0 radical (unpaired) electrons. The van der Waals surface area contributed by atoms with Crippen LogP contribution in [-0.4, -0.2) is 46.7 Å². The van der Waals surface area contributed by atoms with Crippen molar-refractivity contribution in [2.24, 2.45) is 11.8 Å². The Morgan fingerprint density at radius 3 is 2.14 bits per heavy atom. The third-order valence-corrected chi connectivity index (χ3v) is 6.91. The van der Waals surface area contributed by atoms with E-state index in [1.54, 1.807) is 16.2 Å². The molecule has 5 nitrogen and oxygen atoms in total. The van der Waals surface area contributed by atoms with Gasteiger partial charge in [-0.2, -0.15) is 0 Å². The maximum Gasteiger partial charge on any atom is 0.253 e. The molecule has 6 heteroatoms. The number of thiophene rings is 1. The van der Waals surface area contributed by atoms with Crippen molar-refractivity contribution in [2.45, 2.75) is 18.9 Å². The smallest absolute Gasteiger partial charge is 0.253 e. The molecule has 0 unspecified atom stereocenters. The van der Waals surface area contributed by atoms with Crippen molar-refractivity contribution in [3.8, 4) is 10.4 Å². The van der Waals surface area contributed by atoms with Crippen LogP contribution in [0.25, 0.3) is 10.4 Å². The highest BCUT2D eigenvalue weighted by molar-refractivity contribution is 7.13. The van der Waals surface area contributed by atoms with Crippen molar-refractivity contribution in [3.05, 3.63) is 59.5 Å². The lowest BCUT2D eigenvalue weighted by molar-refractivity contribution is -0.145. The van der Waals surface area contributed by atoms with Crippen LogP contribution in [0.15, 0.2) is 53.9 Å². The third kappa shape index (κ3) is 2.71. The van der Waals surface area contributed by atoms with Crippen LogP contribution in [0, 0.1) is 11.8 Å². The minimum absolute atomic E-state index is 0.0489. The lowest BCUT2D eigenvalue weighted by atomic mass is 9.85. The minimum Gasteiger partial charge on any atom is -0.334 e. The van der Waals surface area contributed by atoms with E-state index in [0.717, 1.165) is 5.56 Å². The Balaban J connectivity index is 1.24. The number of benzene rings is 1. The first-order valence-electron chi connectivity index (χ1n) is 9.58. The molecule has 2 aromatic rings. The van der Waals surface area contributed by atoms with Gasteiger partial charge in [-0.1, -0.05) is 30.4 Å². The molecule has 2 saturated heterocycles. The molecule has 3 amide bonds. The van der Waals surface area contributed by atoms with Gasteiger partial charge in [0.25, 0.3) is 5.91 Å². The van der Waals surface area contributed by atoms with E-state index >= 15 is 0 Å². The van der Waals surface area contributed by atoms with Gasteiger partial charge in [0.2, 0.25) is 11.8 Å². The predicted octanol–water partition coefficient (Wildman–Crippen LogP) is 3.19. The molecular weight excluding hydrogens is 372 g/mol. The topological polar surface area (TPSA) is 57.7 Å². The zero-order valence-electron chi connectivity index (χ0n) is 15.3. The van der Waals surface area contributed by atoms with Gasteiger partial charge in [-0.3, -0.25) is 19.3 Å². The predicted molar refractivity (Wildman–Crippen MR) is 107 cm³/mol. The van der Waals surface area contributed by atoms with Crippen molar-refractivity contribution >= 4 is 29.1 Å². The number of likely N-dealkylation sites (tertiary alicyclic amines) is 2. The Kier molecular flexibility index (Phi) is 4.16. The Bertz CT molecular complexity index is 932. The van der Waals surface area contributed by atoms with Crippen molar-refractivity contribution in [2.75, 3.05) is 13.1 Å². The van der Waals surface area contributed by atoms with E-state index in [-0.39, 0.29) is 35.6 Å². The van der Waals surface area contributed by atoms with E-state index in [4.69, 9.17) is 0 Å². The van der Waals surface area contributed by atoms with E-state index < -0.39 is 0 Å². The Morgan fingerprint density at radius 1 is 0.929 bits per heavy atom. The number of allylic oxidation sites excluding steroid dienone is 2. The van der Waals surface area contributed by atoms with Crippen LogP contribution in [0.3, 0.4) is 0 Å². The highest BCUT2D eigenvalue weighted by Gasteiger charge is 2.52. The summed E-state index contributed by atoms with van der Waals surface area (Å²) >= 11 is 1.67. The van der Waals surface area contributed by atoms with Gasteiger partial charge >= 0.3 is 0 Å². The molecule has 1 aliphatic carbocycles. The second kappa shape index (κ2) is 6.71. The largest absolute Gasteiger partial charge is 0.334 e. The third-order valence-electron chi connectivity index (χ3n) is 5.99. The summed E-state index contributed by atoms with van der Waals surface area (Å²) in [4.78, 5) is 42.4. The normalized spacial score (nSPS) is 24.4. The monoisotopic (exact) mass is 392 g/mol. The lowest BCUT2D eigenvalue weighted by Crippen LogP contribution is -2.62. The summed E-state index contributed by atoms with van der Waals surface area (Å²) in [6, 6.07) is 11.5. The van der Waals surface area contributed by atoms with Crippen molar-refractivity contribution in [3.63, 3.8) is 0 Å². The SMILES string of the molecule is O=C(c1ccc(-c2cccs2)cc1)N1CC(N2C(=O)[C@H]3CC=CC[C@H]3C2=O)C1. The Labute approximate surface area is 167 Å². The number of carbonyl (C=O) groups is 3. The molecule has 2 fully saturated rings. The summed E-state index contributed by atoms with van der Waals surface area (Å²) < 4.78 is 0. The van der Waals surface area contributed by atoms with Gasteiger partial charge in [-0.15, -0.1) is 11.3 Å². The van der Waals surface area contributed by atoms with Gasteiger partial charge in [0.15, 0.2) is 0 Å². The molecule has 2 atom stereocenters. The fourth-order valence-corrected chi connectivity index (χ4v) is 5.11. The van der Waals surface area contributed by atoms with E-state index in [9.17, 15) is 14.4 Å². The van der Waals surface area contributed by atoms with Crippen molar-refractivity contribution in [1.29, 1.82) is 0 Å². The molecule has 3 aliphatic rings. The zero-order valence-corrected chi connectivity index (χ0v) is 16.1. The average Bonchev–Trinajstić information content (AvgIpc) is 3.31. The molecule has 1 aromatic heterocycles. The molecular formula is C22H20N2O3S. The number of hydrogen-bond acceptors (Lipinski definition) is 4. The Morgan fingerprint density at radius 2 is 1.57 bits per heavy atom. The molecule has 0 N–H and O–H groups in total. The van der Waals surface area contributed by atoms with E-state index in [0.29, 0.717) is 31.5 Å². The van der Waals surface area contributed by atoms with Crippen molar-refractivity contribution < 1.29 is 14.4 Å². The molecule has 3 heterocycles. The van der Waals surface area contributed by atoms with E-state index in [2.05, 4.69) is 6.07 Å². The number of hydrogen-bond donors (Lipinski definition) is 0. The fourth-order valence-electron chi connectivity index (χ4n) is 4.37. The summed E-state index contributed by atoms with van der Waals surface area (Å²) in [6.45, 7) is 0.853. The van der Waals surface area contributed by atoms with Gasteiger partial charge < -0.3 is 4.90 Å². The summed E-state index contributed by atoms with van der Waals surface area (Å²) in [5, 5.41) is 2.03. The highest BCUT2D eigenvalue weighted by atomic mass is 32.1. The van der Waals surface area contributed by atoms with Crippen LogP contribution in [0.4, 0.5) is 0 Å². The second-order valence-electron chi connectivity index (χ2n) is 7.62. The van der Waals surface area contributed by atoms with Crippen molar-refractivity contribution in [1.82, 2.24) is 9.80 Å². The molecule has 0 bridgehead atoms. The molecule has 1 aromatic carbocycles. The molecule has 0 spiro atoms. The molecule has 5 rings (SSSR count). The number of amides is 3. The first kappa shape index (κ1) is 17.4. The first-order valence-corrected chi connectivity index (χ1v) is 10.5. The van der Waals surface area contributed by atoms with Crippen LogP contribution in [0.1, 0.15) is 23.2 Å². The van der Waals surface area contributed by atoms with Gasteiger partial charge in [0.1, 0.15) is 0 Å². The summed E-state index contributed by atoms with van der Waals surface area (Å²) in [5.74, 6) is -0.570. The van der Waals surface area contributed by atoms with E-state index in [1.165, 1.54) is 9.78 Å². The summed E-state index contributed by atoms with van der Waals surface area (Å²) in [7, 11) is 0. The fraction of sp³-hybridized carbons (Fsp3) is 0.318. The number of fused-ring (bicyclic) bond motifs is 1. The van der Waals surface area contributed by atoms with Gasteiger partial charge in [0.05, 0.1) is 17.9 Å². The zero-order chi connectivity index (χ0) is 19.3. The first-order chi connectivity index (χ1) is 13.6. The van der Waals surface area contributed by atoms with Gasteiger partial charge in [0, 0.05) is 23.5 Å². The standard InChI is InChI=1S/C22H20N2O3S/c25-20(15-9-7-14(8-10-15)19-6-3-11-28-19)23-12-16(13-23)24-21(26)17-4-1-2-5-18(17)22(24)27/h1-3,6-11,16-18H,4-5,12-13H2/t17-,18+. The van der Waals surface area contributed by atoms with Crippen LogP contribution in [-0.2, 0) is 9.59 Å². The lowest BCUT2D eigenvalue weighted by Gasteiger charge is -2.43. The van der Waals surface area contributed by atoms with Crippen LogP contribution in [0.5, 0.6) is 0 Å². The average molecular weight is 392 g/mol. The number of imide groups is 1. The van der Waals surface area contributed by atoms with Crippen LogP contribution in [0.2, 0.25) is 0 Å². The Hall–Kier alpha value is -2.73. The quantitative estimate of drug-likeness (QED) is 0.595. The summed E-state index contributed by atoms with van der Waals surface area (Å²) in [6.07, 6.45) is 5.29. The van der Waals surface area contributed by atoms with Crippen LogP contribution < -0.4 is 0 Å². The molecule has 0 saturated carbocycles. The van der Waals surface area contributed by atoms with E-state index in [1.807, 2.05) is 47.9 Å². The highest BCUT2D eigenvalue weighted by Crippen LogP contribution is 2.37. The van der Waals surface area contributed by atoms with Gasteiger partial charge in [-0.25, -0.2) is 0 Å². The number of carbonyl (C=O) groups excluding carboxylic acids is 3. The number of rotatable bonds is 3. The van der Waals surface area contributed by atoms with Crippen LogP contribution >= 0.6 is 11.3 Å². The molecule has 2 aliphatic heterocycles. The summed E-state index contributed by atoms with van der Waals surface area (Å²) in [5.41, 5.74) is 1.73.